The van der Waals surface area contributed by atoms with Crippen LogP contribution < -0.4 is 10.2 Å². The van der Waals surface area contributed by atoms with E-state index in [4.69, 9.17) is 5.11 Å². The number of hydrogen-bond acceptors (Lipinski definition) is 4. The molecule has 1 aliphatic heterocycles. The van der Waals surface area contributed by atoms with E-state index in [9.17, 15) is 19.2 Å². The first-order chi connectivity index (χ1) is 12.3. The summed E-state index contributed by atoms with van der Waals surface area (Å²) in [6.07, 6.45) is 0.427. The van der Waals surface area contributed by atoms with Crippen molar-refractivity contribution in [2.45, 2.75) is 39.2 Å². The third kappa shape index (κ3) is 4.59. The minimum Gasteiger partial charge on any atom is -0.480 e. The number of nitrogens with zero attached hydrogens (tertiary/aromatic N) is 2. The average molecular weight is 361 g/mol. The topological polar surface area (TPSA) is 107 Å². The average Bonchev–Trinajstić information content (AvgIpc) is 2.62. The number of carbonyl (C=O) groups excluding carboxylic acids is 3. The molecule has 26 heavy (non-hydrogen) atoms. The van der Waals surface area contributed by atoms with Crippen molar-refractivity contribution >= 4 is 35.1 Å². The number of amides is 3. The van der Waals surface area contributed by atoms with Gasteiger partial charge < -0.3 is 20.2 Å². The monoisotopic (exact) mass is 361 g/mol. The van der Waals surface area contributed by atoms with E-state index in [0.717, 1.165) is 0 Å². The van der Waals surface area contributed by atoms with Gasteiger partial charge in [-0.3, -0.25) is 19.2 Å². The molecule has 3 amide bonds. The maximum Gasteiger partial charge on any atom is 0.323 e. The van der Waals surface area contributed by atoms with Crippen molar-refractivity contribution in [3.8, 4) is 0 Å². The molecule has 8 nitrogen and oxygen atoms in total. The van der Waals surface area contributed by atoms with E-state index in [1.807, 2.05) is 6.92 Å². The first kappa shape index (κ1) is 19.4. The van der Waals surface area contributed by atoms with Crippen LogP contribution in [0.1, 0.15) is 33.1 Å². The van der Waals surface area contributed by atoms with E-state index in [1.54, 1.807) is 31.2 Å². The van der Waals surface area contributed by atoms with Gasteiger partial charge in [-0.05, 0) is 25.5 Å². The summed E-state index contributed by atoms with van der Waals surface area (Å²) in [5.41, 5.74) is 1.14. The molecule has 1 unspecified atom stereocenters. The van der Waals surface area contributed by atoms with Crippen molar-refractivity contribution in [3.05, 3.63) is 24.3 Å². The number of nitrogens with one attached hydrogen (secondary N) is 1. The minimum atomic E-state index is -1.09. The smallest absolute Gasteiger partial charge is 0.323 e. The molecule has 0 fully saturated rings. The Balaban J connectivity index is 2.04. The van der Waals surface area contributed by atoms with Crippen LogP contribution in [-0.2, 0) is 19.2 Å². The molecule has 0 aliphatic carbocycles. The van der Waals surface area contributed by atoms with Gasteiger partial charge in [0, 0.05) is 18.9 Å². The number of carboxylic acids is 1. The molecule has 1 heterocycles. The fourth-order valence-corrected chi connectivity index (χ4v) is 2.80. The van der Waals surface area contributed by atoms with Gasteiger partial charge in [0.05, 0.1) is 11.4 Å². The van der Waals surface area contributed by atoms with E-state index < -0.39 is 12.5 Å². The Morgan fingerprint density at radius 3 is 2.62 bits per heavy atom. The van der Waals surface area contributed by atoms with Crippen molar-refractivity contribution in [1.82, 2.24) is 4.90 Å². The summed E-state index contributed by atoms with van der Waals surface area (Å²) >= 11 is 0. The number of carboxylic acid groups (broad SMARTS) is 1. The van der Waals surface area contributed by atoms with Crippen LogP contribution >= 0.6 is 0 Å². The van der Waals surface area contributed by atoms with Gasteiger partial charge >= 0.3 is 5.97 Å². The second-order valence-corrected chi connectivity index (χ2v) is 6.22. The molecular weight excluding hydrogens is 338 g/mol. The molecule has 1 aromatic carbocycles. The highest BCUT2D eigenvalue weighted by Gasteiger charge is 2.28. The normalized spacial score (nSPS) is 14.2. The fourth-order valence-electron chi connectivity index (χ4n) is 2.80. The van der Waals surface area contributed by atoms with Crippen molar-refractivity contribution < 1.29 is 24.3 Å². The Bertz CT molecular complexity index is 719. The second kappa shape index (κ2) is 8.46. The Morgan fingerprint density at radius 2 is 1.96 bits per heavy atom. The number of anilines is 2. The molecule has 1 aromatic rings. The highest BCUT2D eigenvalue weighted by molar-refractivity contribution is 6.10. The van der Waals surface area contributed by atoms with Crippen LogP contribution in [0.25, 0.3) is 0 Å². The third-order valence-corrected chi connectivity index (χ3v) is 4.37. The van der Waals surface area contributed by atoms with Crippen LogP contribution in [0.5, 0.6) is 0 Å². The van der Waals surface area contributed by atoms with Crippen LogP contribution in [0.2, 0.25) is 0 Å². The van der Waals surface area contributed by atoms with Crippen molar-refractivity contribution in [3.63, 3.8) is 0 Å². The molecule has 0 spiro atoms. The van der Waals surface area contributed by atoms with Gasteiger partial charge in [-0.2, -0.15) is 0 Å². The Morgan fingerprint density at radius 1 is 1.27 bits per heavy atom. The zero-order valence-corrected chi connectivity index (χ0v) is 14.9. The Kier molecular flexibility index (Phi) is 6.32. The van der Waals surface area contributed by atoms with E-state index in [1.165, 1.54) is 9.80 Å². The maximum atomic E-state index is 12.6. The van der Waals surface area contributed by atoms with Crippen LogP contribution in [0.4, 0.5) is 11.4 Å². The second-order valence-electron chi connectivity index (χ2n) is 6.22. The van der Waals surface area contributed by atoms with Gasteiger partial charge in [-0.1, -0.05) is 19.1 Å². The zero-order valence-electron chi connectivity index (χ0n) is 14.9. The largest absolute Gasteiger partial charge is 0.480 e. The lowest BCUT2D eigenvalue weighted by atomic mass is 10.1. The summed E-state index contributed by atoms with van der Waals surface area (Å²) in [4.78, 5) is 50.3. The summed E-state index contributed by atoms with van der Waals surface area (Å²) in [6.45, 7) is 3.14. The molecule has 140 valence electrons. The van der Waals surface area contributed by atoms with E-state index >= 15 is 0 Å². The molecular formula is C18H23N3O5. The highest BCUT2D eigenvalue weighted by atomic mass is 16.4. The maximum absolute atomic E-state index is 12.6. The molecule has 0 saturated heterocycles. The fraction of sp³-hybridized carbons (Fsp3) is 0.444. The van der Waals surface area contributed by atoms with Crippen LogP contribution in [-0.4, -0.2) is 52.8 Å². The van der Waals surface area contributed by atoms with Gasteiger partial charge in [0.25, 0.3) is 0 Å². The SMILES string of the molecule is CCC(C)N(CC(=O)O)C(=O)CCC(=O)N1CC(=O)Nc2ccccc21. The number of benzene rings is 1. The Labute approximate surface area is 151 Å². The molecule has 0 bridgehead atoms. The first-order valence-electron chi connectivity index (χ1n) is 8.54. The lowest BCUT2D eigenvalue weighted by molar-refractivity contribution is -0.146. The van der Waals surface area contributed by atoms with Crippen molar-refractivity contribution in [2.75, 3.05) is 23.3 Å². The molecule has 2 rings (SSSR count). The van der Waals surface area contributed by atoms with Crippen molar-refractivity contribution in [2.24, 2.45) is 0 Å². The van der Waals surface area contributed by atoms with E-state index in [0.29, 0.717) is 17.8 Å². The number of fused-ring (bicyclic) bond motifs is 1. The summed E-state index contributed by atoms with van der Waals surface area (Å²) in [5.74, 6) is -2.12. The summed E-state index contributed by atoms with van der Waals surface area (Å²) < 4.78 is 0. The number of carbonyl (C=O) groups is 4. The van der Waals surface area contributed by atoms with Crippen LogP contribution in [0.3, 0.4) is 0 Å². The number of aliphatic carboxylic acids is 1. The number of rotatable bonds is 7. The van der Waals surface area contributed by atoms with Gasteiger partial charge in [0.2, 0.25) is 17.7 Å². The van der Waals surface area contributed by atoms with E-state index in [2.05, 4.69) is 5.32 Å². The highest BCUT2D eigenvalue weighted by Crippen LogP contribution is 2.29. The molecule has 0 radical (unpaired) electrons. The molecule has 0 saturated carbocycles. The third-order valence-electron chi connectivity index (χ3n) is 4.37. The van der Waals surface area contributed by atoms with Gasteiger partial charge in [0.1, 0.15) is 13.1 Å². The molecule has 0 aromatic heterocycles. The number of para-hydroxylation sites is 2. The van der Waals surface area contributed by atoms with Crippen LogP contribution in [0, 0.1) is 0 Å². The van der Waals surface area contributed by atoms with Crippen LogP contribution in [0.15, 0.2) is 24.3 Å². The van der Waals surface area contributed by atoms with Gasteiger partial charge in [-0.15, -0.1) is 0 Å². The summed E-state index contributed by atoms with van der Waals surface area (Å²) in [6, 6.07) is 6.72. The minimum absolute atomic E-state index is 0.0903. The Hall–Kier alpha value is -2.90. The van der Waals surface area contributed by atoms with Gasteiger partial charge in [0.15, 0.2) is 0 Å². The molecule has 8 heteroatoms. The molecule has 1 atom stereocenters. The standard InChI is InChI=1S/C18H23N3O5/c1-3-12(2)20(11-18(25)26)16(23)8-9-17(24)21-10-15(22)19-13-6-4-5-7-14(13)21/h4-7,12H,3,8-11H2,1-2H3,(H,19,22)(H,25,26). The predicted octanol–water partition coefficient (Wildman–Crippen LogP) is 1.46. The zero-order chi connectivity index (χ0) is 19.3. The summed E-state index contributed by atoms with van der Waals surface area (Å²) in [7, 11) is 0. The van der Waals surface area contributed by atoms with Crippen molar-refractivity contribution in [1.29, 1.82) is 0 Å². The predicted molar refractivity (Wildman–Crippen MR) is 95.8 cm³/mol. The lowest BCUT2D eigenvalue weighted by Gasteiger charge is -2.30. The molecule has 1 aliphatic rings. The van der Waals surface area contributed by atoms with Gasteiger partial charge in [-0.25, -0.2) is 0 Å². The lowest BCUT2D eigenvalue weighted by Crippen LogP contribution is -2.44. The van der Waals surface area contributed by atoms with E-state index in [-0.39, 0.29) is 43.1 Å². The number of hydrogen-bond donors (Lipinski definition) is 2. The summed E-state index contributed by atoms with van der Waals surface area (Å²) in [5, 5.41) is 11.7. The quantitative estimate of drug-likeness (QED) is 0.765. The molecule has 2 N–H and O–H groups in total. The first-order valence-corrected chi connectivity index (χ1v) is 8.54.